The van der Waals surface area contributed by atoms with Gasteiger partial charge in [-0.25, -0.2) is 0 Å². The number of ether oxygens (including phenoxy) is 1. The van der Waals surface area contributed by atoms with Crippen LogP contribution >= 0.6 is 31.9 Å². The van der Waals surface area contributed by atoms with Gasteiger partial charge in [-0.05, 0) is 44.0 Å². The van der Waals surface area contributed by atoms with Crippen molar-refractivity contribution in [2.75, 3.05) is 5.32 Å². The fourth-order valence-corrected chi connectivity index (χ4v) is 2.47. The van der Waals surface area contributed by atoms with Gasteiger partial charge in [0.2, 0.25) is 0 Å². The number of nitrogens with zero attached hydrogens (tertiary/aromatic N) is 2. The van der Waals surface area contributed by atoms with E-state index in [1.54, 1.807) is 12.1 Å². The minimum absolute atomic E-state index is 0.0240. The Morgan fingerprint density at radius 3 is 2.21 bits per heavy atom. The number of hydrogen-bond acceptors (Lipinski definition) is 4. The van der Waals surface area contributed by atoms with Crippen molar-refractivity contribution in [1.82, 2.24) is 0 Å². The van der Waals surface area contributed by atoms with Crippen molar-refractivity contribution in [3.63, 3.8) is 0 Å². The fourth-order valence-electron chi connectivity index (χ4n) is 1.09. The fraction of sp³-hybridized carbons (Fsp3) is 0.0909. The number of alkyl halides is 2. The van der Waals surface area contributed by atoms with Crippen LogP contribution in [-0.4, -0.2) is 6.61 Å². The number of nitrogens with one attached hydrogen (secondary N) is 1. The van der Waals surface area contributed by atoms with Gasteiger partial charge in [-0.1, -0.05) is 0 Å². The van der Waals surface area contributed by atoms with Crippen LogP contribution < -0.4 is 10.1 Å². The Hall–Kier alpha value is -1.64. The Kier molecular flexibility index (Phi) is 5.74. The van der Waals surface area contributed by atoms with E-state index in [0.717, 1.165) is 0 Å². The summed E-state index contributed by atoms with van der Waals surface area (Å²) in [6.45, 7) is -2.92. The van der Waals surface area contributed by atoms with E-state index >= 15 is 0 Å². The molecular formula is C11H5Br2F2N3O. The van der Waals surface area contributed by atoms with Crippen LogP contribution in [0.15, 0.2) is 32.9 Å². The largest absolute Gasteiger partial charge is 0.435 e. The quantitative estimate of drug-likeness (QED) is 0.781. The first-order chi connectivity index (χ1) is 8.97. The van der Waals surface area contributed by atoms with Crippen molar-refractivity contribution in [3.05, 3.63) is 32.9 Å². The highest BCUT2D eigenvalue weighted by molar-refractivity contribution is 9.11. The molecular weight excluding hydrogens is 388 g/mol. The van der Waals surface area contributed by atoms with E-state index in [2.05, 4.69) is 41.9 Å². The highest BCUT2D eigenvalue weighted by atomic mass is 79.9. The highest BCUT2D eigenvalue weighted by Gasteiger charge is 2.11. The molecule has 0 saturated heterocycles. The van der Waals surface area contributed by atoms with Crippen LogP contribution in [0.4, 0.5) is 14.5 Å². The van der Waals surface area contributed by atoms with Crippen molar-refractivity contribution in [1.29, 1.82) is 10.5 Å². The van der Waals surface area contributed by atoms with E-state index in [1.807, 2.05) is 0 Å². The topological polar surface area (TPSA) is 68.8 Å². The maximum Gasteiger partial charge on any atom is 0.387 e. The minimum Gasteiger partial charge on any atom is -0.435 e. The van der Waals surface area contributed by atoms with Gasteiger partial charge in [-0.15, -0.1) is 0 Å². The van der Waals surface area contributed by atoms with Crippen LogP contribution in [0.1, 0.15) is 0 Å². The predicted molar refractivity (Wildman–Crippen MR) is 71.4 cm³/mol. The molecule has 1 rings (SSSR count). The molecule has 0 aliphatic heterocycles. The van der Waals surface area contributed by atoms with Crippen molar-refractivity contribution < 1.29 is 13.5 Å². The van der Waals surface area contributed by atoms with Crippen LogP contribution in [0.25, 0.3) is 0 Å². The van der Waals surface area contributed by atoms with Gasteiger partial charge in [0, 0.05) is 15.1 Å². The Balaban J connectivity index is 3.02. The number of allylic oxidation sites excluding steroid dienone is 1. The van der Waals surface area contributed by atoms with E-state index in [9.17, 15) is 8.78 Å². The molecule has 0 saturated carbocycles. The molecule has 0 spiro atoms. The molecule has 8 heteroatoms. The third kappa shape index (κ3) is 4.51. The lowest BCUT2D eigenvalue weighted by molar-refractivity contribution is -0.0499. The normalized spacial score (nSPS) is 9.42. The van der Waals surface area contributed by atoms with Crippen LogP contribution in [0.2, 0.25) is 0 Å². The van der Waals surface area contributed by atoms with Crippen LogP contribution in [-0.2, 0) is 0 Å². The Labute approximate surface area is 124 Å². The first kappa shape index (κ1) is 15.4. The molecule has 1 aromatic carbocycles. The van der Waals surface area contributed by atoms with Gasteiger partial charge >= 0.3 is 6.61 Å². The zero-order valence-corrected chi connectivity index (χ0v) is 12.3. The van der Waals surface area contributed by atoms with Gasteiger partial charge in [0.1, 0.15) is 23.5 Å². The lowest BCUT2D eigenvalue weighted by Gasteiger charge is -2.11. The Morgan fingerprint density at radius 2 is 1.79 bits per heavy atom. The summed E-state index contributed by atoms with van der Waals surface area (Å²) in [5.74, 6) is -0.0240. The standard InChI is InChI=1S/C11H5Br2F2N3O/c12-8-1-7(19-11(14)15)2-9(13)10(8)18-5-6(3-16)4-17/h1-2,5,11,18H. The molecule has 0 fully saturated rings. The monoisotopic (exact) mass is 391 g/mol. The molecule has 0 unspecified atom stereocenters. The lowest BCUT2D eigenvalue weighted by atomic mass is 10.3. The summed E-state index contributed by atoms with van der Waals surface area (Å²) in [6, 6.07) is 6.04. The van der Waals surface area contributed by atoms with E-state index in [-0.39, 0.29) is 11.3 Å². The van der Waals surface area contributed by atoms with Crippen molar-refractivity contribution in [3.8, 4) is 17.9 Å². The number of halogens is 4. The van der Waals surface area contributed by atoms with E-state index in [0.29, 0.717) is 14.6 Å². The molecule has 0 aliphatic rings. The van der Waals surface area contributed by atoms with Crippen LogP contribution in [0, 0.1) is 22.7 Å². The maximum absolute atomic E-state index is 12.1. The average Bonchev–Trinajstić information content (AvgIpc) is 2.32. The lowest BCUT2D eigenvalue weighted by Crippen LogP contribution is -2.02. The Morgan fingerprint density at radius 1 is 1.26 bits per heavy atom. The number of rotatable bonds is 4. The predicted octanol–water partition coefficient (Wildman–Crippen LogP) is 4.16. The van der Waals surface area contributed by atoms with Crippen molar-refractivity contribution in [2.45, 2.75) is 6.61 Å². The SMILES string of the molecule is N#CC(C#N)=CNc1c(Br)cc(OC(F)F)cc1Br. The third-order valence-corrected chi connectivity index (χ3v) is 3.09. The molecule has 0 heterocycles. The second-order valence-corrected chi connectivity index (χ2v) is 4.78. The van der Waals surface area contributed by atoms with Gasteiger partial charge in [0.05, 0.1) is 5.69 Å². The number of hydrogen-bond donors (Lipinski definition) is 1. The molecule has 98 valence electrons. The molecule has 0 aromatic heterocycles. The first-order valence-corrected chi connectivity index (χ1v) is 6.27. The van der Waals surface area contributed by atoms with Gasteiger partial charge in [-0.3, -0.25) is 0 Å². The summed E-state index contributed by atoms with van der Waals surface area (Å²) in [4.78, 5) is 0. The summed E-state index contributed by atoms with van der Waals surface area (Å²) in [7, 11) is 0. The summed E-state index contributed by atoms with van der Waals surface area (Å²) >= 11 is 6.34. The molecule has 0 atom stereocenters. The maximum atomic E-state index is 12.1. The van der Waals surface area contributed by atoms with Crippen molar-refractivity contribution in [2.24, 2.45) is 0 Å². The van der Waals surface area contributed by atoms with Crippen LogP contribution in [0.3, 0.4) is 0 Å². The summed E-state index contributed by atoms with van der Waals surface area (Å²) in [6.07, 6.45) is 1.21. The molecule has 19 heavy (non-hydrogen) atoms. The van der Waals surface area contributed by atoms with E-state index in [4.69, 9.17) is 10.5 Å². The smallest absolute Gasteiger partial charge is 0.387 e. The van der Waals surface area contributed by atoms with Gasteiger partial charge in [0.15, 0.2) is 0 Å². The molecule has 4 nitrogen and oxygen atoms in total. The summed E-state index contributed by atoms with van der Waals surface area (Å²) < 4.78 is 29.3. The number of anilines is 1. The van der Waals surface area contributed by atoms with Crippen LogP contribution in [0.5, 0.6) is 5.75 Å². The van der Waals surface area contributed by atoms with E-state index < -0.39 is 6.61 Å². The number of nitriles is 2. The third-order valence-electron chi connectivity index (χ3n) is 1.84. The highest BCUT2D eigenvalue weighted by Crippen LogP contribution is 2.35. The average molecular weight is 393 g/mol. The van der Waals surface area contributed by atoms with Gasteiger partial charge < -0.3 is 10.1 Å². The summed E-state index contributed by atoms with van der Waals surface area (Å²) in [5.41, 5.74) is 0.358. The Bertz CT molecular complexity index is 552. The molecule has 0 radical (unpaired) electrons. The molecule has 0 amide bonds. The zero-order valence-electron chi connectivity index (χ0n) is 9.12. The minimum atomic E-state index is -2.92. The number of benzene rings is 1. The van der Waals surface area contributed by atoms with Gasteiger partial charge in [-0.2, -0.15) is 19.3 Å². The summed E-state index contributed by atoms with van der Waals surface area (Å²) in [5, 5.41) is 19.9. The molecule has 1 aromatic rings. The first-order valence-electron chi connectivity index (χ1n) is 4.68. The molecule has 0 aliphatic carbocycles. The van der Waals surface area contributed by atoms with Gasteiger partial charge in [0.25, 0.3) is 0 Å². The van der Waals surface area contributed by atoms with E-state index in [1.165, 1.54) is 18.3 Å². The molecule has 1 N–H and O–H groups in total. The second-order valence-electron chi connectivity index (χ2n) is 3.07. The molecule has 0 bridgehead atoms. The zero-order chi connectivity index (χ0) is 14.4. The van der Waals surface area contributed by atoms with Crippen molar-refractivity contribution >= 4 is 37.5 Å². The second kappa shape index (κ2) is 7.07.